The van der Waals surface area contributed by atoms with Crippen LogP contribution in [0.3, 0.4) is 0 Å². The third-order valence-corrected chi connectivity index (χ3v) is 10.1. The second-order valence-corrected chi connectivity index (χ2v) is 15.0. The monoisotopic (exact) mass is 730 g/mol. The molecule has 1 heterocycles. The van der Waals surface area contributed by atoms with Gasteiger partial charge in [-0.05, 0) is 59.8 Å². The number of ether oxygens (including phenoxy) is 3. The quantitative estimate of drug-likeness (QED) is 0.0670. The lowest BCUT2D eigenvalue weighted by molar-refractivity contribution is -0.138. The van der Waals surface area contributed by atoms with E-state index in [9.17, 15) is 14.4 Å². The van der Waals surface area contributed by atoms with Gasteiger partial charge in [0, 0.05) is 42.9 Å². The van der Waals surface area contributed by atoms with Crippen LogP contribution in [0.5, 0.6) is 0 Å². The number of hydrogen-bond donors (Lipinski definition) is 4. The van der Waals surface area contributed by atoms with Crippen molar-refractivity contribution in [1.29, 1.82) is 0 Å². The first-order chi connectivity index (χ1) is 25.4. The number of alkyl carbamates (subject to hydrolysis) is 2. The van der Waals surface area contributed by atoms with Crippen molar-refractivity contribution < 1.29 is 28.6 Å². The largest absolute Gasteiger partial charge is 0.453 e. The van der Waals surface area contributed by atoms with E-state index in [1.165, 1.54) is 14.2 Å². The van der Waals surface area contributed by atoms with Gasteiger partial charge in [0.2, 0.25) is 5.91 Å². The van der Waals surface area contributed by atoms with Crippen LogP contribution in [-0.4, -0.2) is 80.3 Å². The van der Waals surface area contributed by atoms with E-state index < -0.39 is 17.6 Å². The molecule has 288 valence electrons. The van der Waals surface area contributed by atoms with Crippen LogP contribution in [0, 0.1) is 23.2 Å². The summed E-state index contributed by atoms with van der Waals surface area (Å²) < 4.78 is 15.7. The SMILES string of the molecule is COC(=O)N[C@H](COCNN(Cc1ccc(-c2ccccn2)cc1)CC(C)C(Cc1ccccc1)NC(=O)[C@H]1C[C@@H](NC(=O)OC)C1(C)C)CC(C)C. The van der Waals surface area contributed by atoms with Gasteiger partial charge in [-0.3, -0.25) is 9.78 Å². The van der Waals surface area contributed by atoms with Gasteiger partial charge in [0.1, 0.15) is 6.73 Å². The second-order valence-electron chi connectivity index (χ2n) is 15.0. The summed E-state index contributed by atoms with van der Waals surface area (Å²) in [7, 11) is 2.69. The molecule has 0 saturated heterocycles. The lowest BCUT2D eigenvalue weighted by Crippen LogP contribution is -2.63. The molecule has 0 bridgehead atoms. The topological polar surface area (TPSA) is 143 Å². The number of methoxy groups -OCH3 is 2. The highest BCUT2D eigenvalue weighted by Gasteiger charge is 2.52. The summed E-state index contributed by atoms with van der Waals surface area (Å²) in [6.07, 6.45) is 2.76. The van der Waals surface area contributed by atoms with Crippen molar-refractivity contribution in [3.63, 3.8) is 0 Å². The molecule has 2 unspecified atom stereocenters. The molecule has 1 saturated carbocycles. The average Bonchev–Trinajstić information content (AvgIpc) is 3.15. The van der Waals surface area contributed by atoms with Gasteiger partial charge in [0.25, 0.3) is 0 Å². The van der Waals surface area contributed by atoms with Crippen LogP contribution in [-0.2, 0) is 32.0 Å². The van der Waals surface area contributed by atoms with E-state index >= 15 is 0 Å². The fourth-order valence-corrected chi connectivity index (χ4v) is 6.86. The van der Waals surface area contributed by atoms with E-state index in [2.05, 4.69) is 88.5 Å². The number of amides is 3. The lowest BCUT2D eigenvalue weighted by atomic mass is 9.58. The Labute approximate surface area is 314 Å². The Morgan fingerprint density at radius 1 is 0.887 bits per heavy atom. The maximum atomic E-state index is 13.9. The average molecular weight is 731 g/mol. The number of pyridine rings is 1. The molecule has 0 radical (unpaired) electrons. The summed E-state index contributed by atoms with van der Waals surface area (Å²) in [5, 5.41) is 11.3. The van der Waals surface area contributed by atoms with E-state index in [1.807, 2.05) is 50.2 Å². The van der Waals surface area contributed by atoms with Crippen LogP contribution in [0.2, 0.25) is 0 Å². The van der Waals surface area contributed by atoms with Gasteiger partial charge in [-0.25, -0.2) is 20.0 Å². The molecule has 0 spiro atoms. The first-order valence-electron chi connectivity index (χ1n) is 18.5. The van der Waals surface area contributed by atoms with Gasteiger partial charge < -0.3 is 30.2 Å². The van der Waals surface area contributed by atoms with E-state index in [4.69, 9.17) is 14.2 Å². The van der Waals surface area contributed by atoms with Crippen LogP contribution in [0.4, 0.5) is 9.59 Å². The summed E-state index contributed by atoms with van der Waals surface area (Å²) in [5.74, 6) is 0.0967. The molecule has 0 aliphatic heterocycles. The molecule has 2 aromatic carbocycles. The van der Waals surface area contributed by atoms with Gasteiger partial charge in [0.05, 0.1) is 32.6 Å². The molecule has 1 aromatic heterocycles. The van der Waals surface area contributed by atoms with Crippen molar-refractivity contribution in [2.45, 2.75) is 78.6 Å². The Morgan fingerprint density at radius 3 is 2.21 bits per heavy atom. The molecule has 4 N–H and O–H groups in total. The van der Waals surface area contributed by atoms with Gasteiger partial charge in [-0.1, -0.05) is 95.3 Å². The lowest BCUT2D eigenvalue weighted by Gasteiger charge is -2.51. The van der Waals surface area contributed by atoms with E-state index in [0.29, 0.717) is 38.5 Å². The Morgan fingerprint density at radius 2 is 1.58 bits per heavy atom. The molecule has 5 atom stereocenters. The fourth-order valence-electron chi connectivity index (χ4n) is 6.86. The zero-order valence-corrected chi connectivity index (χ0v) is 32.3. The Kier molecular flexibility index (Phi) is 15.6. The number of carbonyl (C=O) groups is 3. The zero-order valence-electron chi connectivity index (χ0n) is 32.3. The minimum atomic E-state index is -0.490. The maximum absolute atomic E-state index is 13.9. The summed E-state index contributed by atoms with van der Waals surface area (Å²) in [4.78, 5) is 42.2. The molecule has 1 fully saturated rings. The van der Waals surface area contributed by atoms with Crippen LogP contribution in [0.15, 0.2) is 79.0 Å². The summed E-state index contributed by atoms with van der Waals surface area (Å²) in [6.45, 7) is 12.1. The Hall–Kier alpha value is -4.52. The molecular formula is C41H58N6O6. The molecule has 12 heteroatoms. The third-order valence-electron chi connectivity index (χ3n) is 10.1. The highest BCUT2D eigenvalue weighted by Crippen LogP contribution is 2.46. The number of hydrazine groups is 1. The van der Waals surface area contributed by atoms with Crippen molar-refractivity contribution in [2.24, 2.45) is 23.2 Å². The molecule has 3 amide bonds. The number of nitrogens with zero attached hydrogens (tertiary/aromatic N) is 2. The molecule has 1 aliphatic rings. The maximum Gasteiger partial charge on any atom is 0.407 e. The van der Waals surface area contributed by atoms with Gasteiger partial charge in [-0.15, -0.1) is 0 Å². The highest BCUT2D eigenvalue weighted by atomic mass is 16.5. The first-order valence-corrected chi connectivity index (χ1v) is 18.5. The predicted molar refractivity (Wildman–Crippen MR) is 205 cm³/mol. The van der Waals surface area contributed by atoms with Crippen LogP contribution in [0.25, 0.3) is 11.3 Å². The Bertz CT molecular complexity index is 1570. The summed E-state index contributed by atoms with van der Waals surface area (Å²) in [5.41, 5.74) is 7.21. The number of aromatic nitrogens is 1. The number of hydrogen-bond acceptors (Lipinski definition) is 9. The van der Waals surface area contributed by atoms with Gasteiger partial charge >= 0.3 is 12.2 Å². The smallest absolute Gasteiger partial charge is 0.407 e. The van der Waals surface area contributed by atoms with Gasteiger partial charge in [-0.2, -0.15) is 0 Å². The summed E-state index contributed by atoms with van der Waals surface area (Å²) >= 11 is 0. The molecule has 1 aliphatic carbocycles. The van der Waals surface area contributed by atoms with E-state index in [0.717, 1.165) is 28.8 Å². The fraction of sp³-hybridized carbons (Fsp3) is 0.512. The number of benzene rings is 2. The van der Waals surface area contributed by atoms with Gasteiger partial charge in [0.15, 0.2) is 0 Å². The minimum Gasteiger partial charge on any atom is -0.453 e. The first kappa shape index (κ1) is 41.2. The Balaban J connectivity index is 1.49. The summed E-state index contributed by atoms with van der Waals surface area (Å²) in [6, 6.07) is 23.9. The van der Waals surface area contributed by atoms with Crippen LogP contribution in [0.1, 0.15) is 58.6 Å². The minimum absolute atomic E-state index is 0.0151. The van der Waals surface area contributed by atoms with Crippen molar-refractivity contribution in [3.05, 3.63) is 90.1 Å². The third kappa shape index (κ3) is 12.5. The second kappa shape index (κ2) is 20.1. The normalized spacial score (nSPS) is 18.0. The zero-order chi connectivity index (χ0) is 38.4. The van der Waals surface area contributed by atoms with Crippen LogP contribution >= 0.6 is 0 Å². The van der Waals surface area contributed by atoms with E-state index in [-0.39, 0.29) is 42.6 Å². The van der Waals surface area contributed by atoms with E-state index in [1.54, 1.807) is 6.20 Å². The molecule has 3 aromatic rings. The van der Waals surface area contributed by atoms with Crippen molar-refractivity contribution in [1.82, 2.24) is 31.4 Å². The highest BCUT2D eigenvalue weighted by molar-refractivity contribution is 5.82. The van der Waals surface area contributed by atoms with Crippen molar-refractivity contribution in [3.8, 4) is 11.3 Å². The molecule has 12 nitrogen and oxygen atoms in total. The number of nitrogens with one attached hydrogen (secondary N) is 4. The molecule has 4 rings (SSSR count). The van der Waals surface area contributed by atoms with Crippen molar-refractivity contribution in [2.75, 3.05) is 34.1 Å². The molecular weight excluding hydrogens is 672 g/mol. The number of carbonyl (C=O) groups excluding carboxylic acids is 3. The standard InChI is InChI=1S/C41H58N6O6/c1-28(2)21-33(44-39(49)51-6)26-53-27-43-47(25-31-16-18-32(19-17-31)35-15-11-12-20-42-35)24-29(3)36(22-30-13-9-8-10-14-30)45-38(48)34-23-37(41(34,4)5)46-40(50)52-7/h8-20,28-29,33-34,36-37,43H,21-27H2,1-7H3,(H,44,49)(H,45,48)(H,46,50)/t29?,33-,34+,36?,37+/m0/s1. The number of rotatable bonds is 19. The molecule has 53 heavy (non-hydrogen) atoms. The predicted octanol–water partition coefficient (Wildman–Crippen LogP) is 5.93. The van der Waals surface area contributed by atoms with Crippen molar-refractivity contribution >= 4 is 18.1 Å². The van der Waals surface area contributed by atoms with Crippen LogP contribution < -0.4 is 21.4 Å².